The van der Waals surface area contributed by atoms with E-state index in [-0.39, 0.29) is 0 Å². The molecule has 3 nitrogen and oxygen atoms in total. The van der Waals surface area contributed by atoms with Crippen LogP contribution in [0.15, 0.2) is 0 Å². The molecule has 2 saturated carbocycles. The summed E-state index contributed by atoms with van der Waals surface area (Å²) in [6.45, 7) is 6.80. The highest BCUT2D eigenvalue weighted by molar-refractivity contribution is 5.83. The summed E-state index contributed by atoms with van der Waals surface area (Å²) in [5.41, 5.74) is 0.376. The van der Waals surface area contributed by atoms with E-state index in [2.05, 4.69) is 24.5 Å². The molecule has 3 rings (SSSR count). The third-order valence-electron chi connectivity index (χ3n) is 6.21. The predicted molar refractivity (Wildman–Crippen MR) is 86.0 cm³/mol. The van der Waals surface area contributed by atoms with Crippen molar-refractivity contribution in [1.82, 2.24) is 10.6 Å². The normalized spacial score (nSPS) is 34.3. The van der Waals surface area contributed by atoms with Crippen LogP contribution in [0.3, 0.4) is 0 Å². The van der Waals surface area contributed by atoms with Crippen LogP contribution in [0.4, 0.5) is 0 Å². The van der Waals surface area contributed by atoms with Crippen molar-refractivity contribution in [2.45, 2.75) is 71.3 Å². The van der Waals surface area contributed by atoms with Crippen molar-refractivity contribution in [2.24, 2.45) is 23.2 Å². The molecule has 3 fully saturated rings. The Morgan fingerprint density at radius 2 is 2.05 bits per heavy atom. The van der Waals surface area contributed by atoms with Crippen molar-refractivity contribution in [1.29, 1.82) is 0 Å². The van der Waals surface area contributed by atoms with Crippen LogP contribution in [-0.2, 0) is 4.79 Å². The molecule has 0 aromatic carbocycles. The van der Waals surface area contributed by atoms with Gasteiger partial charge >= 0.3 is 0 Å². The molecule has 2 aliphatic carbocycles. The number of hydrogen-bond acceptors (Lipinski definition) is 2. The first kappa shape index (κ1) is 15.3. The molecule has 1 heterocycles. The van der Waals surface area contributed by atoms with E-state index in [0.717, 1.165) is 31.3 Å². The van der Waals surface area contributed by atoms with Crippen molar-refractivity contribution in [3.05, 3.63) is 0 Å². The summed E-state index contributed by atoms with van der Waals surface area (Å²) in [5.74, 6) is 2.21. The average Bonchev–Trinajstić information content (AvgIpc) is 2.96. The second kappa shape index (κ2) is 6.28. The molecule has 2 N–H and O–H groups in total. The Morgan fingerprint density at radius 3 is 2.76 bits per heavy atom. The summed E-state index contributed by atoms with van der Waals surface area (Å²) < 4.78 is 0. The lowest BCUT2D eigenvalue weighted by Crippen LogP contribution is -2.40. The van der Waals surface area contributed by atoms with Crippen molar-refractivity contribution in [3.8, 4) is 0 Å². The van der Waals surface area contributed by atoms with E-state index in [1.807, 2.05) is 0 Å². The number of amides is 1. The quantitative estimate of drug-likeness (QED) is 0.817. The topological polar surface area (TPSA) is 41.1 Å². The first-order valence-corrected chi connectivity index (χ1v) is 9.12. The third-order valence-corrected chi connectivity index (χ3v) is 6.21. The fourth-order valence-corrected chi connectivity index (χ4v) is 4.60. The Bertz CT molecular complexity index is 373. The second-order valence-electron chi connectivity index (χ2n) is 8.15. The Labute approximate surface area is 129 Å². The van der Waals surface area contributed by atoms with E-state index in [1.165, 1.54) is 44.9 Å². The van der Waals surface area contributed by atoms with E-state index in [4.69, 9.17) is 0 Å². The summed E-state index contributed by atoms with van der Waals surface area (Å²) in [4.78, 5) is 12.6. The van der Waals surface area contributed by atoms with E-state index in [9.17, 15) is 4.79 Å². The molecule has 1 spiro atoms. The predicted octanol–water partition coefficient (Wildman–Crippen LogP) is 3.10. The number of carbonyl (C=O) groups is 1. The molecule has 3 aliphatic rings. The van der Waals surface area contributed by atoms with Crippen molar-refractivity contribution in [2.75, 3.05) is 13.1 Å². The van der Waals surface area contributed by atoms with Gasteiger partial charge in [-0.2, -0.15) is 0 Å². The third kappa shape index (κ3) is 3.44. The molecule has 0 radical (unpaired) electrons. The number of nitrogens with one attached hydrogen (secondary N) is 2. The van der Waals surface area contributed by atoms with Gasteiger partial charge in [0.1, 0.15) is 0 Å². The molecule has 3 heteroatoms. The van der Waals surface area contributed by atoms with Gasteiger partial charge in [-0.15, -0.1) is 0 Å². The summed E-state index contributed by atoms with van der Waals surface area (Å²) in [6.07, 6.45) is 9.96. The van der Waals surface area contributed by atoms with Crippen LogP contribution in [0.25, 0.3) is 0 Å². The Morgan fingerprint density at radius 1 is 1.29 bits per heavy atom. The molecule has 3 atom stereocenters. The lowest BCUT2D eigenvalue weighted by molar-refractivity contribution is -0.124. The number of piperidine rings is 1. The lowest BCUT2D eigenvalue weighted by atomic mass is 9.91. The number of hydrogen-bond donors (Lipinski definition) is 2. The van der Waals surface area contributed by atoms with E-state index in [1.54, 1.807) is 0 Å². The van der Waals surface area contributed by atoms with Gasteiger partial charge in [0.25, 0.3) is 0 Å². The zero-order valence-electron chi connectivity index (χ0n) is 13.8. The molecule has 0 aromatic heterocycles. The van der Waals surface area contributed by atoms with Crippen molar-refractivity contribution >= 4 is 5.91 Å². The Kier molecular flexibility index (Phi) is 4.58. The molecule has 1 aliphatic heterocycles. The van der Waals surface area contributed by atoms with Gasteiger partial charge in [0.15, 0.2) is 0 Å². The zero-order chi connectivity index (χ0) is 14.9. The number of rotatable bonds is 5. The Balaban J connectivity index is 1.48. The number of carbonyl (C=O) groups excluding carboxylic acids is 1. The monoisotopic (exact) mass is 292 g/mol. The smallest absolute Gasteiger partial charge is 0.223 e. The van der Waals surface area contributed by atoms with Gasteiger partial charge in [-0.3, -0.25) is 4.79 Å². The highest BCUT2D eigenvalue weighted by Crippen LogP contribution is 2.58. The van der Waals surface area contributed by atoms with Crippen LogP contribution in [0.1, 0.15) is 65.2 Å². The maximum Gasteiger partial charge on any atom is 0.223 e. The highest BCUT2D eigenvalue weighted by atomic mass is 16.2. The average molecular weight is 292 g/mol. The fraction of sp³-hybridized carbons (Fsp3) is 0.944. The zero-order valence-corrected chi connectivity index (χ0v) is 13.8. The van der Waals surface area contributed by atoms with Crippen LogP contribution < -0.4 is 10.6 Å². The largest absolute Gasteiger partial charge is 0.353 e. The first-order valence-electron chi connectivity index (χ1n) is 9.12. The second-order valence-corrected chi connectivity index (χ2v) is 8.15. The molecule has 1 saturated heterocycles. The standard InChI is InChI=1S/C18H32N2O/c1-13(2)6-7-14-4-3-5-16(14)20-17(21)15-12-18(15)8-10-19-11-9-18/h13-16,19H,3-12H2,1-2H3,(H,20,21). The summed E-state index contributed by atoms with van der Waals surface area (Å²) in [6, 6.07) is 0.468. The van der Waals surface area contributed by atoms with E-state index in [0.29, 0.717) is 23.3 Å². The molecule has 3 unspecified atom stereocenters. The van der Waals surface area contributed by atoms with Crippen LogP contribution in [-0.4, -0.2) is 25.0 Å². The van der Waals surface area contributed by atoms with Gasteiger partial charge in [0.2, 0.25) is 5.91 Å². The first-order chi connectivity index (χ1) is 10.1. The minimum Gasteiger partial charge on any atom is -0.353 e. The molecular weight excluding hydrogens is 260 g/mol. The van der Waals surface area contributed by atoms with Crippen molar-refractivity contribution in [3.63, 3.8) is 0 Å². The van der Waals surface area contributed by atoms with Gasteiger partial charge in [-0.1, -0.05) is 26.7 Å². The summed E-state index contributed by atoms with van der Waals surface area (Å²) >= 11 is 0. The van der Waals surface area contributed by atoms with Gasteiger partial charge in [0, 0.05) is 12.0 Å². The fourth-order valence-electron chi connectivity index (χ4n) is 4.60. The maximum atomic E-state index is 12.6. The van der Waals surface area contributed by atoms with Gasteiger partial charge in [-0.25, -0.2) is 0 Å². The summed E-state index contributed by atoms with van der Waals surface area (Å²) in [5, 5.41) is 6.84. The molecular formula is C18H32N2O. The maximum absolute atomic E-state index is 12.6. The Hall–Kier alpha value is -0.570. The summed E-state index contributed by atoms with van der Waals surface area (Å²) in [7, 11) is 0. The van der Waals surface area contributed by atoms with Gasteiger partial charge in [0.05, 0.1) is 0 Å². The minimum absolute atomic E-state index is 0.325. The molecule has 21 heavy (non-hydrogen) atoms. The molecule has 0 aromatic rings. The van der Waals surface area contributed by atoms with Crippen molar-refractivity contribution < 1.29 is 4.79 Å². The van der Waals surface area contributed by atoms with Crippen LogP contribution >= 0.6 is 0 Å². The molecule has 1 amide bonds. The van der Waals surface area contributed by atoms with E-state index < -0.39 is 0 Å². The molecule has 120 valence electrons. The van der Waals surface area contributed by atoms with Crippen LogP contribution in [0, 0.1) is 23.2 Å². The van der Waals surface area contributed by atoms with Crippen LogP contribution in [0.2, 0.25) is 0 Å². The van der Waals surface area contributed by atoms with Crippen LogP contribution in [0.5, 0.6) is 0 Å². The van der Waals surface area contributed by atoms with Gasteiger partial charge < -0.3 is 10.6 Å². The minimum atomic E-state index is 0.325. The van der Waals surface area contributed by atoms with Gasteiger partial charge in [-0.05, 0) is 68.9 Å². The SMILES string of the molecule is CC(C)CCC1CCCC1NC(=O)C1CC12CCNCC2. The molecule has 0 bridgehead atoms. The van der Waals surface area contributed by atoms with E-state index >= 15 is 0 Å². The lowest BCUT2D eigenvalue weighted by Gasteiger charge is -2.25. The highest BCUT2D eigenvalue weighted by Gasteiger charge is 2.57.